The van der Waals surface area contributed by atoms with Crippen LogP contribution in [0.5, 0.6) is 34.5 Å². The van der Waals surface area contributed by atoms with E-state index >= 15 is 0 Å². The van der Waals surface area contributed by atoms with Gasteiger partial charge in [0.15, 0.2) is 5.75 Å². The van der Waals surface area contributed by atoms with E-state index in [1.807, 2.05) is 12.1 Å². The Labute approximate surface area is 351 Å². The molecule has 0 amide bonds. The van der Waals surface area contributed by atoms with Crippen molar-refractivity contribution in [1.29, 1.82) is 0 Å². The second-order valence-electron chi connectivity index (χ2n) is 16.5. The number of anilines is 3. The third-order valence-electron chi connectivity index (χ3n) is 12.3. The minimum Gasteiger partial charge on any atom is -0.457 e. The van der Waals surface area contributed by atoms with Gasteiger partial charge in [0.1, 0.15) is 44.9 Å². The van der Waals surface area contributed by atoms with E-state index in [9.17, 15) is 0 Å². The van der Waals surface area contributed by atoms with Crippen LogP contribution >= 0.6 is 11.8 Å². The SMILES string of the molecule is C[Si]1(C)c2ccccc2Oc2c(-c3ccc(N(c4ccc(-c5cccc6c5Sc5ccccc5O6)cc4)c4cccc5c4Oc4ccccc4[Si]5(C)C)cc3)cccc21. The molecular weight excluding hydrogens is 775 g/mol. The van der Waals surface area contributed by atoms with Crippen molar-refractivity contribution in [3.05, 3.63) is 176 Å². The molecule has 0 saturated heterocycles. The topological polar surface area (TPSA) is 30.9 Å². The van der Waals surface area contributed by atoms with Gasteiger partial charge in [0.2, 0.25) is 0 Å². The van der Waals surface area contributed by atoms with E-state index in [-0.39, 0.29) is 0 Å². The maximum absolute atomic E-state index is 6.92. The number of fused-ring (bicyclic) bond motifs is 6. The van der Waals surface area contributed by atoms with Crippen molar-refractivity contribution in [3.63, 3.8) is 0 Å². The number of ether oxygens (including phenoxy) is 3. The zero-order chi connectivity index (χ0) is 39.9. The van der Waals surface area contributed by atoms with Gasteiger partial charge in [-0.15, -0.1) is 0 Å². The monoisotopic (exact) mass is 815 g/mol. The summed E-state index contributed by atoms with van der Waals surface area (Å²) in [6, 6.07) is 62.8. The summed E-state index contributed by atoms with van der Waals surface area (Å²) in [6.07, 6.45) is 0. The van der Waals surface area contributed by atoms with Crippen molar-refractivity contribution >= 4 is 65.7 Å². The molecule has 286 valence electrons. The van der Waals surface area contributed by atoms with E-state index in [0.29, 0.717) is 0 Å². The van der Waals surface area contributed by atoms with Crippen molar-refractivity contribution in [2.75, 3.05) is 4.90 Å². The Morgan fingerprint density at radius 3 is 1.53 bits per heavy atom. The van der Waals surface area contributed by atoms with Crippen LogP contribution in [0.3, 0.4) is 0 Å². The molecule has 0 fully saturated rings. The standard InChI is InChI=1S/C52H41NO3SSi2/c1-58(2)46-22-9-6-18-42(46)55-50-38(14-12-24-48(50)58)34-26-30-36(31-27-34)53(40-16-13-25-49-51(40)56-43-19-7-10-23-47(43)59(49,3)4)37-32-28-35(29-33-37)39-15-11-20-44-52(39)57-45-21-8-5-17-41(45)54-44/h5-33H,1-4H3. The van der Waals surface area contributed by atoms with Crippen LogP contribution in [0.15, 0.2) is 186 Å². The highest BCUT2D eigenvalue weighted by Gasteiger charge is 2.39. The third kappa shape index (κ3) is 5.79. The van der Waals surface area contributed by atoms with E-state index in [1.54, 1.807) is 11.8 Å². The van der Waals surface area contributed by atoms with Crippen molar-refractivity contribution < 1.29 is 14.2 Å². The lowest BCUT2D eigenvalue weighted by Gasteiger charge is -2.36. The molecule has 11 rings (SSSR count). The van der Waals surface area contributed by atoms with Gasteiger partial charge in [-0.1, -0.05) is 153 Å². The van der Waals surface area contributed by atoms with Gasteiger partial charge in [-0.3, -0.25) is 0 Å². The van der Waals surface area contributed by atoms with Gasteiger partial charge in [0.25, 0.3) is 0 Å². The van der Waals surface area contributed by atoms with Crippen LogP contribution in [0.2, 0.25) is 26.2 Å². The molecule has 3 aliphatic heterocycles. The lowest BCUT2D eigenvalue weighted by atomic mass is 10.0. The molecule has 0 spiro atoms. The molecule has 0 N–H and O–H groups in total. The van der Waals surface area contributed by atoms with Crippen molar-refractivity contribution in [1.82, 2.24) is 0 Å². The minimum absolute atomic E-state index is 0.886. The number of hydrogen-bond acceptors (Lipinski definition) is 5. The molecule has 0 bridgehead atoms. The summed E-state index contributed by atoms with van der Waals surface area (Å²) in [4.78, 5) is 4.60. The number of benzene rings is 8. The molecule has 0 aliphatic carbocycles. The number of nitrogens with zero attached hydrogens (tertiary/aromatic N) is 1. The summed E-state index contributed by atoms with van der Waals surface area (Å²) in [6.45, 7) is 9.70. The van der Waals surface area contributed by atoms with Crippen LogP contribution < -0.4 is 39.9 Å². The fourth-order valence-corrected chi connectivity index (χ4v) is 15.8. The van der Waals surface area contributed by atoms with E-state index < -0.39 is 16.1 Å². The quantitative estimate of drug-likeness (QED) is 0.162. The lowest BCUT2D eigenvalue weighted by Crippen LogP contribution is -2.56. The van der Waals surface area contributed by atoms with Crippen LogP contribution in [-0.2, 0) is 0 Å². The van der Waals surface area contributed by atoms with Crippen LogP contribution in [0, 0.1) is 0 Å². The molecule has 3 heterocycles. The Hall–Kier alpha value is -6.26. The summed E-state index contributed by atoms with van der Waals surface area (Å²) in [7, 11) is -4.05. The van der Waals surface area contributed by atoms with E-state index in [4.69, 9.17) is 14.2 Å². The highest BCUT2D eigenvalue weighted by Crippen LogP contribution is 2.51. The first kappa shape index (κ1) is 35.9. The van der Waals surface area contributed by atoms with Crippen molar-refractivity contribution in [3.8, 4) is 56.8 Å². The first-order chi connectivity index (χ1) is 28.8. The minimum atomic E-state index is -2.08. The largest absolute Gasteiger partial charge is 0.457 e. The molecule has 0 radical (unpaired) electrons. The smallest absolute Gasteiger partial charge is 0.151 e. The molecule has 7 heteroatoms. The number of hydrogen-bond donors (Lipinski definition) is 0. The van der Waals surface area contributed by atoms with Crippen LogP contribution in [0.4, 0.5) is 17.1 Å². The van der Waals surface area contributed by atoms with Crippen LogP contribution in [0.25, 0.3) is 22.3 Å². The third-order valence-corrected chi connectivity index (χ3v) is 20.5. The molecule has 4 nitrogen and oxygen atoms in total. The summed E-state index contributed by atoms with van der Waals surface area (Å²) in [5.74, 6) is 5.62. The first-order valence-corrected chi connectivity index (χ1v) is 27.0. The Bertz CT molecular complexity index is 2960. The van der Waals surface area contributed by atoms with Crippen LogP contribution in [-0.4, -0.2) is 16.1 Å². The summed E-state index contributed by atoms with van der Waals surface area (Å²) in [5.41, 5.74) is 7.61. The Morgan fingerprint density at radius 1 is 0.390 bits per heavy atom. The average Bonchev–Trinajstić information content (AvgIpc) is 3.26. The molecule has 3 aliphatic rings. The number of para-hydroxylation sites is 5. The van der Waals surface area contributed by atoms with Gasteiger partial charge in [-0.05, 0) is 98.1 Å². The first-order valence-electron chi connectivity index (χ1n) is 20.2. The maximum Gasteiger partial charge on any atom is 0.151 e. The zero-order valence-corrected chi connectivity index (χ0v) is 36.1. The lowest BCUT2D eigenvalue weighted by molar-refractivity contribution is 0.455. The predicted octanol–water partition coefficient (Wildman–Crippen LogP) is 12.6. The van der Waals surface area contributed by atoms with E-state index in [0.717, 1.165) is 83.6 Å². The Morgan fingerprint density at radius 2 is 0.864 bits per heavy atom. The van der Waals surface area contributed by atoms with Gasteiger partial charge < -0.3 is 19.1 Å². The fourth-order valence-electron chi connectivity index (χ4n) is 9.10. The fraction of sp³-hybridized carbons (Fsp3) is 0.0769. The summed E-state index contributed by atoms with van der Waals surface area (Å²) in [5, 5.41) is 5.28. The van der Waals surface area contributed by atoms with Crippen molar-refractivity contribution in [2.24, 2.45) is 0 Å². The average molecular weight is 816 g/mol. The van der Waals surface area contributed by atoms with Gasteiger partial charge in [0, 0.05) is 16.9 Å². The zero-order valence-electron chi connectivity index (χ0n) is 33.3. The molecule has 0 saturated carbocycles. The van der Waals surface area contributed by atoms with Gasteiger partial charge in [0.05, 0.1) is 15.5 Å². The molecule has 0 atom stereocenters. The van der Waals surface area contributed by atoms with Gasteiger partial charge in [-0.25, -0.2) is 0 Å². The summed E-state index contributed by atoms with van der Waals surface area (Å²) < 4.78 is 20.0. The maximum atomic E-state index is 6.92. The molecule has 8 aromatic carbocycles. The van der Waals surface area contributed by atoms with Crippen molar-refractivity contribution in [2.45, 2.75) is 36.0 Å². The number of rotatable bonds is 5. The normalized spacial score (nSPS) is 14.7. The molecule has 0 unspecified atom stereocenters. The predicted molar refractivity (Wildman–Crippen MR) is 249 cm³/mol. The van der Waals surface area contributed by atoms with E-state index in [2.05, 4.69) is 195 Å². The molecule has 59 heavy (non-hydrogen) atoms. The summed E-state index contributed by atoms with van der Waals surface area (Å²) >= 11 is 1.77. The highest BCUT2D eigenvalue weighted by molar-refractivity contribution is 7.99. The second kappa shape index (κ2) is 13.7. The Balaban J connectivity index is 1.02. The van der Waals surface area contributed by atoms with Gasteiger partial charge >= 0.3 is 0 Å². The van der Waals surface area contributed by atoms with Crippen LogP contribution in [0.1, 0.15) is 0 Å². The molecule has 8 aromatic rings. The van der Waals surface area contributed by atoms with Gasteiger partial charge in [-0.2, -0.15) is 0 Å². The highest BCUT2D eigenvalue weighted by atomic mass is 32.2. The molecule has 0 aromatic heterocycles. The Kier molecular flexibility index (Phi) is 8.31. The second-order valence-corrected chi connectivity index (χ2v) is 26.2. The molecular formula is C52H41NO3SSi2. The van der Waals surface area contributed by atoms with E-state index in [1.165, 1.54) is 20.7 Å².